The number of ether oxygens (including phenoxy) is 1. The molecule has 0 amide bonds. The maximum absolute atomic E-state index is 9.11. The van der Waals surface area contributed by atoms with Gasteiger partial charge in [-0.05, 0) is 19.9 Å². The van der Waals surface area contributed by atoms with Crippen molar-refractivity contribution in [2.24, 2.45) is 0 Å². The van der Waals surface area contributed by atoms with Crippen molar-refractivity contribution >= 4 is 0 Å². The number of hydrogen-bond donors (Lipinski definition) is 2. The molecule has 0 aliphatic carbocycles. The summed E-state index contributed by atoms with van der Waals surface area (Å²) in [5, 5.41) is 12.3. The van der Waals surface area contributed by atoms with Gasteiger partial charge in [-0.15, -0.1) is 0 Å². The van der Waals surface area contributed by atoms with Crippen LogP contribution in [-0.4, -0.2) is 24.4 Å². The topological polar surface area (TPSA) is 41.5 Å². The molecule has 1 aromatic rings. The standard InChI is InChI=1S/C12H19NO2/c1-3-15-12-7-5-4-6-11(12)9-13-8-10(2)14/h4-7,10,13-14H,3,8-9H2,1-2H3/t10-/m1/s1. The first-order valence-corrected chi connectivity index (χ1v) is 5.33. The highest BCUT2D eigenvalue weighted by atomic mass is 16.5. The van der Waals surface area contributed by atoms with Crippen molar-refractivity contribution < 1.29 is 9.84 Å². The molecule has 0 saturated carbocycles. The van der Waals surface area contributed by atoms with E-state index < -0.39 is 0 Å². The molecule has 0 unspecified atom stereocenters. The van der Waals surface area contributed by atoms with E-state index in [0.29, 0.717) is 13.2 Å². The van der Waals surface area contributed by atoms with Gasteiger partial charge in [0, 0.05) is 18.7 Å². The molecule has 2 N–H and O–H groups in total. The van der Waals surface area contributed by atoms with Crippen molar-refractivity contribution in [3.63, 3.8) is 0 Å². The zero-order chi connectivity index (χ0) is 11.1. The summed E-state index contributed by atoms with van der Waals surface area (Å²) < 4.78 is 5.49. The Bertz CT molecular complexity index is 287. The average Bonchev–Trinajstić information content (AvgIpc) is 2.20. The number of aliphatic hydroxyl groups excluding tert-OH is 1. The van der Waals surface area contributed by atoms with Crippen LogP contribution in [0.1, 0.15) is 19.4 Å². The Labute approximate surface area is 91.1 Å². The fraction of sp³-hybridized carbons (Fsp3) is 0.500. The molecule has 0 heterocycles. The third-order valence-corrected chi connectivity index (χ3v) is 2.03. The van der Waals surface area contributed by atoms with Gasteiger partial charge in [0.25, 0.3) is 0 Å². The number of hydrogen-bond acceptors (Lipinski definition) is 3. The zero-order valence-corrected chi connectivity index (χ0v) is 9.36. The molecule has 15 heavy (non-hydrogen) atoms. The molecule has 0 spiro atoms. The van der Waals surface area contributed by atoms with E-state index >= 15 is 0 Å². The normalized spacial score (nSPS) is 12.5. The Balaban J connectivity index is 2.51. The van der Waals surface area contributed by atoms with Crippen molar-refractivity contribution in [2.45, 2.75) is 26.5 Å². The quantitative estimate of drug-likeness (QED) is 0.747. The van der Waals surface area contributed by atoms with Gasteiger partial charge in [-0.3, -0.25) is 0 Å². The molecule has 0 saturated heterocycles. The van der Waals surface area contributed by atoms with Crippen LogP contribution in [0.4, 0.5) is 0 Å². The third-order valence-electron chi connectivity index (χ3n) is 2.03. The fourth-order valence-corrected chi connectivity index (χ4v) is 1.36. The van der Waals surface area contributed by atoms with Gasteiger partial charge in [-0.1, -0.05) is 18.2 Å². The largest absolute Gasteiger partial charge is 0.494 e. The number of nitrogens with one attached hydrogen (secondary N) is 1. The van der Waals surface area contributed by atoms with Gasteiger partial charge in [-0.2, -0.15) is 0 Å². The first-order chi connectivity index (χ1) is 7.24. The van der Waals surface area contributed by atoms with Crippen LogP contribution >= 0.6 is 0 Å². The second kappa shape index (κ2) is 6.43. The summed E-state index contributed by atoms with van der Waals surface area (Å²) in [5.41, 5.74) is 1.13. The lowest BCUT2D eigenvalue weighted by Crippen LogP contribution is -2.24. The van der Waals surface area contributed by atoms with Gasteiger partial charge in [0.1, 0.15) is 5.75 Å². The van der Waals surface area contributed by atoms with E-state index in [9.17, 15) is 0 Å². The highest BCUT2D eigenvalue weighted by Gasteiger charge is 2.02. The Kier molecular flexibility index (Phi) is 5.15. The van der Waals surface area contributed by atoms with Crippen LogP contribution in [0.25, 0.3) is 0 Å². The van der Waals surface area contributed by atoms with Crippen molar-refractivity contribution in [1.29, 1.82) is 0 Å². The molecule has 0 aliphatic rings. The van der Waals surface area contributed by atoms with Crippen molar-refractivity contribution in [3.05, 3.63) is 29.8 Å². The molecule has 1 rings (SSSR count). The molecule has 3 nitrogen and oxygen atoms in total. The number of aliphatic hydroxyl groups is 1. The molecule has 84 valence electrons. The van der Waals surface area contributed by atoms with Gasteiger partial charge >= 0.3 is 0 Å². The van der Waals surface area contributed by atoms with Crippen molar-refractivity contribution in [1.82, 2.24) is 5.32 Å². The number of rotatable bonds is 6. The van der Waals surface area contributed by atoms with Crippen LogP contribution < -0.4 is 10.1 Å². The second-order valence-electron chi connectivity index (χ2n) is 3.52. The van der Waals surface area contributed by atoms with Gasteiger partial charge < -0.3 is 15.2 Å². The van der Waals surface area contributed by atoms with Gasteiger partial charge in [0.05, 0.1) is 12.7 Å². The number of benzene rings is 1. The Morgan fingerprint density at radius 2 is 2.13 bits per heavy atom. The maximum Gasteiger partial charge on any atom is 0.123 e. The van der Waals surface area contributed by atoms with E-state index in [1.54, 1.807) is 6.92 Å². The predicted molar refractivity (Wildman–Crippen MR) is 61.0 cm³/mol. The zero-order valence-electron chi connectivity index (χ0n) is 9.36. The monoisotopic (exact) mass is 209 g/mol. The minimum atomic E-state index is -0.316. The molecular weight excluding hydrogens is 190 g/mol. The summed E-state index contributed by atoms with van der Waals surface area (Å²) >= 11 is 0. The van der Waals surface area contributed by atoms with Crippen LogP contribution in [-0.2, 0) is 6.54 Å². The summed E-state index contributed by atoms with van der Waals surface area (Å²) in [6, 6.07) is 7.94. The molecule has 0 bridgehead atoms. The SMILES string of the molecule is CCOc1ccccc1CNC[C@@H](C)O. The average molecular weight is 209 g/mol. The Hall–Kier alpha value is -1.06. The minimum absolute atomic E-state index is 0.316. The lowest BCUT2D eigenvalue weighted by molar-refractivity contribution is 0.190. The van der Waals surface area contributed by atoms with E-state index in [1.165, 1.54) is 0 Å². The highest BCUT2D eigenvalue weighted by Crippen LogP contribution is 2.17. The molecule has 0 radical (unpaired) electrons. The second-order valence-corrected chi connectivity index (χ2v) is 3.52. The van der Waals surface area contributed by atoms with Gasteiger partial charge in [0.2, 0.25) is 0 Å². The van der Waals surface area contributed by atoms with Crippen LogP contribution in [0.15, 0.2) is 24.3 Å². The van der Waals surface area contributed by atoms with Crippen LogP contribution in [0.3, 0.4) is 0 Å². The summed E-state index contributed by atoms with van der Waals surface area (Å²) in [7, 11) is 0. The summed E-state index contributed by atoms with van der Waals surface area (Å²) in [5.74, 6) is 0.915. The van der Waals surface area contributed by atoms with E-state index in [4.69, 9.17) is 9.84 Å². The summed E-state index contributed by atoms with van der Waals surface area (Å²) in [6.07, 6.45) is -0.316. The van der Waals surface area contributed by atoms with Gasteiger partial charge in [0.15, 0.2) is 0 Å². The molecule has 0 fully saturated rings. The van der Waals surface area contributed by atoms with Crippen molar-refractivity contribution in [3.8, 4) is 5.75 Å². The number of para-hydroxylation sites is 1. The Morgan fingerprint density at radius 3 is 2.80 bits per heavy atom. The first-order valence-electron chi connectivity index (χ1n) is 5.33. The smallest absolute Gasteiger partial charge is 0.123 e. The molecule has 3 heteroatoms. The molecule has 1 atom stereocenters. The van der Waals surface area contributed by atoms with Crippen LogP contribution in [0.2, 0.25) is 0 Å². The summed E-state index contributed by atoms with van der Waals surface area (Å²) in [6.45, 7) is 5.73. The molecule has 1 aromatic carbocycles. The highest BCUT2D eigenvalue weighted by molar-refractivity contribution is 5.33. The summed E-state index contributed by atoms with van der Waals surface area (Å²) in [4.78, 5) is 0. The maximum atomic E-state index is 9.11. The Morgan fingerprint density at radius 1 is 1.40 bits per heavy atom. The van der Waals surface area contributed by atoms with Crippen LogP contribution in [0, 0.1) is 0 Å². The molecule has 0 aliphatic heterocycles. The predicted octanol–water partition coefficient (Wildman–Crippen LogP) is 1.56. The first kappa shape index (κ1) is 12.0. The minimum Gasteiger partial charge on any atom is -0.494 e. The van der Waals surface area contributed by atoms with Crippen molar-refractivity contribution in [2.75, 3.05) is 13.2 Å². The van der Waals surface area contributed by atoms with E-state index in [-0.39, 0.29) is 6.10 Å². The molecular formula is C12H19NO2. The lowest BCUT2D eigenvalue weighted by Gasteiger charge is -2.11. The lowest BCUT2D eigenvalue weighted by atomic mass is 10.2. The van der Waals surface area contributed by atoms with Crippen LogP contribution in [0.5, 0.6) is 5.75 Å². The van der Waals surface area contributed by atoms with E-state index in [1.807, 2.05) is 31.2 Å². The van der Waals surface area contributed by atoms with E-state index in [0.717, 1.165) is 17.9 Å². The fourth-order valence-electron chi connectivity index (χ4n) is 1.36. The molecule has 0 aromatic heterocycles. The third kappa shape index (κ3) is 4.32. The van der Waals surface area contributed by atoms with Gasteiger partial charge in [-0.25, -0.2) is 0 Å². The van der Waals surface area contributed by atoms with E-state index in [2.05, 4.69) is 5.32 Å².